The first-order chi connectivity index (χ1) is 13.4. The van der Waals surface area contributed by atoms with E-state index in [9.17, 15) is 9.59 Å². The maximum Gasteiger partial charge on any atom is 0.289 e. The molecule has 8 heteroatoms. The monoisotopic (exact) mass is 405 g/mol. The maximum atomic E-state index is 12.7. The van der Waals surface area contributed by atoms with E-state index in [0.717, 1.165) is 5.56 Å². The zero-order valence-corrected chi connectivity index (χ0v) is 17.0. The number of anilines is 1. The fourth-order valence-electron chi connectivity index (χ4n) is 3.20. The second-order valence-electron chi connectivity index (χ2n) is 6.77. The van der Waals surface area contributed by atoms with Gasteiger partial charge in [-0.2, -0.15) is 0 Å². The van der Waals surface area contributed by atoms with Crippen molar-refractivity contribution in [2.45, 2.75) is 19.9 Å². The second-order valence-corrected chi connectivity index (χ2v) is 7.18. The molecule has 28 heavy (non-hydrogen) atoms. The van der Waals surface area contributed by atoms with Crippen molar-refractivity contribution in [1.82, 2.24) is 9.80 Å². The van der Waals surface area contributed by atoms with Gasteiger partial charge in [0.15, 0.2) is 5.76 Å². The van der Waals surface area contributed by atoms with E-state index in [0.29, 0.717) is 48.4 Å². The number of nitrogens with one attached hydrogen (secondary N) is 1. The first kappa shape index (κ1) is 20.2. The molecular formula is C20H24ClN3O4. The molecule has 0 radical (unpaired) electrons. The fraction of sp³-hybridized carbons (Fsp3) is 0.400. The maximum absolute atomic E-state index is 12.7. The Morgan fingerprint density at radius 3 is 2.57 bits per heavy atom. The van der Waals surface area contributed by atoms with Gasteiger partial charge < -0.3 is 19.4 Å². The van der Waals surface area contributed by atoms with Crippen LogP contribution in [-0.4, -0.2) is 60.9 Å². The van der Waals surface area contributed by atoms with Crippen molar-refractivity contribution in [3.63, 3.8) is 0 Å². The number of carbonyl (C=O) groups excluding carboxylic acids is 2. The van der Waals surface area contributed by atoms with Crippen LogP contribution in [0.4, 0.5) is 5.69 Å². The summed E-state index contributed by atoms with van der Waals surface area (Å²) in [7, 11) is 1.54. The van der Waals surface area contributed by atoms with Crippen LogP contribution in [0.5, 0.6) is 5.75 Å². The fourth-order valence-corrected chi connectivity index (χ4v) is 3.35. The Morgan fingerprint density at radius 2 is 1.96 bits per heavy atom. The third-order valence-corrected chi connectivity index (χ3v) is 5.41. The van der Waals surface area contributed by atoms with Gasteiger partial charge in [0.25, 0.3) is 5.91 Å². The molecule has 0 bridgehead atoms. The van der Waals surface area contributed by atoms with Crippen LogP contribution in [0.1, 0.15) is 23.0 Å². The summed E-state index contributed by atoms with van der Waals surface area (Å²) in [6.07, 6.45) is 1.49. The van der Waals surface area contributed by atoms with Crippen LogP contribution in [0.2, 0.25) is 5.02 Å². The molecule has 0 saturated carbocycles. The average molecular weight is 406 g/mol. The standard InChI is InChI=1S/C20H24ClN3O4/c1-13-11-16(18(27-3)12-15(13)21)22-19(25)14(2)23-6-8-24(9-7-23)20(26)17-5-4-10-28-17/h4-5,10-12,14H,6-9H2,1-3H3,(H,22,25)/t14-/m1/s1. The van der Waals surface area contributed by atoms with E-state index >= 15 is 0 Å². The number of nitrogens with zero attached hydrogens (tertiary/aromatic N) is 2. The number of furan rings is 1. The number of hydrogen-bond acceptors (Lipinski definition) is 5. The Hall–Kier alpha value is -2.51. The van der Waals surface area contributed by atoms with Gasteiger partial charge in [0.2, 0.25) is 5.91 Å². The quantitative estimate of drug-likeness (QED) is 0.827. The molecule has 2 aromatic rings. The van der Waals surface area contributed by atoms with Crippen LogP contribution in [0, 0.1) is 6.92 Å². The Labute approximate surface area is 169 Å². The molecule has 0 unspecified atom stereocenters. The van der Waals surface area contributed by atoms with Crippen LogP contribution < -0.4 is 10.1 Å². The van der Waals surface area contributed by atoms with Crippen molar-refractivity contribution >= 4 is 29.1 Å². The molecule has 0 aliphatic carbocycles. The number of methoxy groups -OCH3 is 1. The number of hydrogen-bond donors (Lipinski definition) is 1. The van der Waals surface area contributed by atoms with Crippen LogP contribution in [0.3, 0.4) is 0 Å². The van der Waals surface area contributed by atoms with Crippen LogP contribution >= 0.6 is 11.6 Å². The summed E-state index contributed by atoms with van der Waals surface area (Å²) < 4.78 is 10.5. The topological polar surface area (TPSA) is 75.0 Å². The Bertz CT molecular complexity index is 845. The highest BCUT2D eigenvalue weighted by Crippen LogP contribution is 2.31. The Kier molecular flexibility index (Phi) is 6.26. The summed E-state index contributed by atoms with van der Waals surface area (Å²) in [6, 6.07) is 6.50. The molecule has 1 saturated heterocycles. The molecule has 1 N–H and O–H groups in total. The van der Waals surface area contributed by atoms with E-state index in [1.807, 2.05) is 13.8 Å². The first-order valence-corrected chi connectivity index (χ1v) is 9.50. The number of benzene rings is 1. The first-order valence-electron chi connectivity index (χ1n) is 9.12. The molecule has 0 spiro atoms. The molecule has 1 aliphatic heterocycles. The van der Waals surface area contributed by atoms with Gasteiger partial charge in [-0.05, 0) is 37.6 Å². The zero-order valence-electron chi connectivity index (χ0n) is 16.2. The van der Waals surface area contributed by atoms with Gasteiger partial charge in [-0.3, -0.25) is 14.5 Å². The number of aryl methyl sites for hydroxylation is 1. The van der Waals surface area contributed by atoms with E-state index in [1.54, 1.807) is 29.2 Å². The number of piperazine rings is 1. The lowest BCUT2D eigenvalue weighted by Gasteiger charge is -2.37. The third-order valence-electron chi connectivity index (χ3n) is 5.00. The number of carbonyl (C=O) groups is 2. The van der Waals surface area contributed by atoms with Crippen LogP contribution in [0.25, 0.3) is 0 Å². The van der Waals surface area contributed by atoms with Gasteiger partial charge in [0, 0.05) is 37.3 Å². The Morgan fingerprint density at radius 1 is 1.25 bits per heavy atom. The number of halogens is 1. The summed E-state index contributed by atoms with van der Waals surface area (Å²) in [5, 5.41) is 3.51. The minimum atomic E-state index is -0.346. The summed E-state index contributed by atoms with van der Waals surface area (Å²) in [4.78, 5) is 28.9. The van der Waals surface area contributed by atoms with Gasteiger partial charge in [-0.1, -0.05) is 11.6 Å². The van der Waals surface area contributed by atoms with E-state index in [2.05, 4.69) is 10.2 Å². The third kappa shape index (κ3) is 4.31. The average Bonchev–Trinajstić information content (AvgIpc) is 3.24. The van der Waals surface area contributed by atoms with Crippen molar-refractivity contribution in [3.05, 3.63) is 46.9 Å². The van der Waals surface area contributed by atoms with E-state index < -0.39 is 0 Å². The normalized spacial score (nSPS) is 15.9. The Balaban J connectivity index is 1.59. The molecule has 7 nitrogen and oxygen atoms in total. The summed E-state index contributed by atoms with van der Waals surface area (Å²) in [5.41, 5.74) is 1.45. The molecule has 3 rings (SSSR count). The van der Waals surface area contributed by atoms with Crippen molar-refractivity contribution < 1.29 is 18.7 Å². The van der Waals surface area contributed by atoms with E-state index in [4.69, 9.17) is 20.8 Å². The zero-order chi connectivity index (χ0) is 20.3. The van der Waals surface area contributed by atoms with Gasteiger partial charge >= 0.3 is 0 Å². The molecule has 1 aromatic heterocycles. The molecule has 2 amide bonds. The minimum Gasteiger partial charge on any atom is -0.495 e. The summed E-state index contributed by atoms with van der Waals surface area (Å²) in [6.45, 7) is 6.03. The lowest BCUT2D eigenvalue weighted by molar-refractivity contribution is -0.121. The highest BCUT2D eigenvalue weighted by atomic mass is 35.5. The molecule has 2 heterocycles. The highest BCUT2D eigenvalue weighted by Gasteiger charge is 2.29. The lowest BCUT2D eigenvalue weighted by atomic mass is 10.1. The van der Waals surface area contributed by atoms with E-state index in [-0.39, 0.29) is 17.9 Å². The predicted octanol–water partition coefficient (Wildman–Crippen LogP) is 3.04. The molecule has 1 atom stereocenters. The van der Waals surface area contributed by atoms with Crippen molar-refractivity contribution in [1.29, 1.82) is 0 Å². The van der Waals surface area contributed by atoms with E-state index in [1.165, 1.54) is 13.4 Å². The molecule has 1 aromatic carbocycles. The lowest BCUT2D eigenvalue weighted by Crippen LogP contribution is -2.54. The number of amides is 2. The predicted molar refractivity (Wildman–Crippen MR) is 107 cm³/mol. The van der Waals surface area contributed by atoms with Gasteiger partial charge in [0.1, 0.15) is 5.75 Å². The van der Waals surface area contributed by atoms with Crippen molar-refractivity contribution in [3.8, 4) is 5.75 Å². The largest absolute Gasteiger partial charge is 0.495 e. The molecule has 1 fully saturated rings. The molecule has 1 aliphatic rings. The number of ether oxygens (including phenoxy) is 1. The van der Waals surface area contributed by atoms with Gasteiger partial charge in [0.05, 0.1) is 25.1 Å². The highest BCUT2D eigenvalue weighted by molar-refractivity contribution is 6.31. The van der Waals surface area contributed by atoms with Gasteiger partial charge in [-0.15, -0.1) is 0 Å². The van der Waals surface area contributed by atoms with Crippen molar-refractivity contribution in [2.75, 3.05) is 38.6 Å². The van der Waals surface area contributed by atoms with Crippen LogP contribution in [-0.2, 0) is 4.79 Å². The smallest absolute Gasteiger partial charge is 0.289 e. The second kappa shape index (κ2) is 8.67. The van der Waals surface area contributed by atoms with Gasteiger partial charge in [-0.25, -0.2) is 0 Å². The summed E-state index contributed by atoms with van der Waals surface area (Å²) in [5.74, 6) is 0.600. The SMILES string of the molecule is COc1cc(Cl)c(C)cc1NC(=O)[C@@H](C)N1CCN(C(=O)c2ccco2)CC1. The summed E-state index contributed by atoms with van der Waals surface area (Å²) >= 11 is 6.12. The molecular weight excluding hydrogens is 382 g/mol. The number of rotatable bonds is 5. The van der Waals surface area contributed by atoms with Crippen molar-refractivity contribution in [2.24, 2.45) is 0 Å². The van der Waals surface area contributed by atoms with Crippen LogP contribution in [0.15, 0.2) is 34.9 Å². The minimum absolute atomic E-state index is 0.122. The molecule has 150 valence electrons.